The number of piperidine rings is 1. The molecule has 0 saturated carbocycles. The average molecular weight is 300 g/mol. The average Bonchev–Trinajstić information content (AvgIpc) is 2.15. The van der Waals surface area contributed by atoms with Crippen LogP contribution in [0.3, 0.4) is 0 Å². The molecule has 0 aromatic rings. The van der Waals surface area contributed by atoms with Crippen LogP contribution in [0.5, 0.6) is 0 Å². The van der Waals surface area contributed by atoms with Gasteiger partial charge < -0.3 is 15.4 Å². The summed E-state index contributed by atoms with van der Waals surface area (Å²) in [6.45, 7) is 6.81. The van der Waals surface area contributed by atoms with Crippen molar-refractivity contribution < 1.29 is 9.53 Å². The number of ether oxygens (including phenoxy) is 1. The number of amides is 1. The maximum Gasteiger partial charge on any atom is 0.410 e. The van der Waals surface area contributed by atoms with Gasteiger partial charge in [0.1, 0.15) is 5.60 Å². The third-order valence-electron chi connectivity index (χ3n) is 2.59. The fraction of sp³-hybridized carbons (Fsp3) is 0.818. The van der Waals surface area contributed by atoms with Crippen LogP contribution >= 0.6 is 24.8 Å². The smallest absolute Gasteiger partial charge is 0.410 e. The van der Waals surface area contributed by atoms with Crippen molar-refractivity contribution in [3.05, 3.63) is 0 Å². The first-order chi connectivity index (χ1) is 7.29. The zero-order valence-corrected chi connectivity index (χ0v) is 12.7. The van der Waals surface area contributed by atoms with Gasteiger partial charge >= 0.3 is 6.09 Å². The highest BCUT2D eigenvalue weighted by Gasteiger charge is 2.27. The molecular weight excluding hydrogens is 277 g/mol. The Morgan fingerprint density at radius 1 is 1.28 bits per heavy atom. The Morgan fingerprint density at radius 3 is 2.06 bits per heavy atom. The number of amidine groups is 1. The number of nitrogens with two attached hydrogens (primary N) is 1. The minimum Gasteiger partial charge on any atom is -0.444 e. The Morgan fingerprint density at radius 2 is 1.72 bits per heavy atom. The second-order valence-electron chi connectivity index (χ2n) is 5.20. The molecule has 1 amide bonds. The summed E-state index contributed by atoms with van der Waals surface area (Å²) < 4.78 is 5.27. The van der Waals surface area contributed by atoms with Gasteiger partial charge in [-0.2, -0.15) is 0 Å². The van der Waals surface area contributed by atoms with Crippen molar-refractivity contribution in [3.8, 4) is 0 Å². The molecule has 1 heterocycles. The Kier molecular flexibility index (Phi) is 8.40. The monoisotopic (exact) mass is 299 g/mol. The Labute approximate surface area is 121 Å². The maximum atomic E-state index is 11.7. The number of carbonyl (C=O) groups is 1. The van der Waals surface area contributed by atoms with Crippen LogP contribution in [0.15, 0.2) is 0 Å². The number of nitrogens with one attached hydrogen (secondary N) is 1. The number of carbonyl (C=O) groups excluding carboxylic acids is 1. The van der Waals surface area contributed by atoms with Crippen molar-refractivity contribution in [2.75, 3.05) is 13.1 Å². The van der Waals surface area contributed by atoms with E-state index in [1.165, 1.54) is 0 Å². The third-order valence-corrected chi connectivity index (χ3v) is 2.59. The summed E-state index contributed by atoms with van der Waals surface area (Å²) in [5.41, 5.74) is 4.99. The van der Waals surface area contributed by atoms with E-state index in [4.69, 9.17) is 15.9 Å². The van der Waals surface area contributed by atoms with Crippen LogP contribution in [0.4, 0.5) is 4.79 Å². The summed E-state index contributed by atoms with van der Waals surface area (Å²) in [7, 11) is 0. The molecule has 0 spiro atoms. The molecule has 0 aromatic heterocycles. The summed E-state index contributed by atoms with van der Waals surface area (Å²) in [6, 6.07) is 0. The van der Waals surface area contributed by atoms with E-state index in [0.717, 1.165) is 12.8 Å². The zero-order chi connectivity index (χ0) is 12.3. The molecule has 3 N–H and O–H groups in total. The van der Waals surface area contributed by atoms with E-state index in [9.17, 15) is 4.79 Å². The van der Waals surface area contributed by atoms with Crippen molar-refractivity contribution in [3.63, 3.8) is 0 Å². The summed E-state index contributed by atoms with van der Waals surface area (Å²) in [5.74, 6) is 0.350. The molecule has 1 aliphatic heterocycles. The van der Waals surface area contributed by atoms with E-state index in [2.05, 4.69) is 0 Å². The molecule has 108 valence electrons. The molecule has 18 heavy (non-hydrogen) atoms. The number of hydrogen-bond acceptors (Lipinski definition) is 3. The van der Waals surface area contributed by atoms with E-state index in [-0.39, 0.29) is 42.7 Å². The second kappa shape index (κ2) is 7.69. The van der Waals surface area contributed by atoms with Crippen LogP contribution in [-0.4, -0.2) is 35.5 Å². The molecular formula is C11H23Cl2N3O2. The minimum absolute atomic E-state index is 0. The fourth-order valence-corrected chi connectivity index (χ4v) is 1.70. The quantitative estimate of drug-likeness (QED) is 0.576. The molecule has 0 atom stereocenters. The summed E-state index contributed by atoms with van der Waals surface area (Å²) in [5, 5.41) is 7.35. The van der Waals surface area contributed by atoms with Crippen molar-refractivity contribution in [2.45, 2.75) is 39.2 Å². The summed E-state index contributed by atoms with van der Waals surface area (Å²) in [4.78, 5) is 13.4. The predicted molar refractivity (Wildman–Crippen MR) is 76.9 cm³/mol. The van der Waals surface area contributed by atoms with E-state index < -0.39 is 5.60 Å². The van der Waals surface area contributed by atoms with E-state index in [1.54, 1.807) is 4.90 Å². The fourth-order valence-electron chi connectivity index (χ4n) is 1.70. The lowest BCUT2D eigenvalue weighted by Gasteiger charge is -2.32. The predicted octanol–water partition coefficient (Wildman–Crippen LogP) is 2.41. The molecule has 1 rings (SSSR count). The maximum absolute atomic E-state index is 11.7. The summed E-state index contributed by atoms with van der Waals surface area (Å²) >= 11 is 0. The number of halogens is 2. The van der Waals surface area contributed by atoms with Crippen molar-refractivity contribution in [2.24, 2.45) is 11.7 Å². The highest BCUT2D eigenvalue weighted by Crippen LogP contribution is 2.19. The zero-order valence-electron chi connectivity index (χ0n) is 11.1. The standard InChI is InChI=1S/C11H21N3O2.2ClH/c1-11(2,3)16-10(15)14-6-4-8(5-7-14)9(12)13;;/h8H,4-7H2,1-3H3,(H3,12,13);2*1H. The van der Waals surface area contributed by atoms with Gasteiger partial charge in [0.25, 0.3) is 0 Å². The molecule has 0 unspecified atom stereocenters. The topological polar surface area (TPSA) is 79.4 Å². The van der Waals surface area contributed by atoms with Gasteiger partial charge in [0.15, 0.2) is 0 Å². The first-order valence-corrected chi connectivity index (χ1v) is 5.61. The first kappa shape index (κ1) is 19.7. The van der Waals surface area contributed by atoms with Crippen molar-refractivity contribution in [1.29, 1.82) is 5.41 Å². The van der Waals surface area contributed by atoms with Gasteiger partial charge in [-0.25, -0.2) is 4.79 Å². The van der Waals surface area contributed by atoms with Crippen molar-refractivity contribution >= 4 is 36.7 Å². The van der Waals surface area contributed by atoms with Crippen LogP contribution in [-0.2, 0) is 4.74 Å². The lowest BCUT2D eigenvalue weighted by atomic mass is 9.96. The van der Waals surface area contributed by atoms with Gasteiger partial charge in [0.05, 0.1) is 5.84 Å². The Bertz CT molecular complexity index is 285. The van der Waals surface area contributed by atoms with Gasteiger partial charge in [-0.05, 0) is 33.6 Å². The molecule has 0 radical (unpaired) electrons. The normalized spacial score (nSPS) is 16.3. The molecule has 7 heteroatoms. The molecule has 0 aromatic carbocycles. The van der Waals surface area contributed by atoms with Crippen LogP contribution in [0, 0.1) is 11.3 Å². The lowest BCUT2D eigenvalue weighted by Crippen LogP contribution is -2.43. The SMILES string of the molecule is CC(C)(C)OC(=O)N1CCC(C(=N)N)CC1.Cl.Cl. The van der Waals surface area contributed by atoms with Crippen LogP contribution < -0.4 is 5.73 Å². The van der Waals surface area contributed by atoms with Gasteiger partial charge in [-0.15, -0.1) is 24.8 Å². The van der Waals surface area contributed by atoms with Gasteiger partial charge in [-0.3, -0.25) is 5.41 Å². The molecule has 5 nitrogen and oxygen atoms in total. The molecule has 0 aliphatic carbocycles. The molecule has 1 aliphatic rings. The van der Waals surface area contributed by atoms with Crippen LogP contribution in [0.1, 0.15) is 33.6 Å². The number of nitrogens with zero attached hydrogens (tertiary/aromatic N) is 1. The van der Waals surface area contributed by atoms with Crippen molar-refractivity contribution in [1.82, 2.24) is 4.90 Å². The number of hydrogen-bond donors (Lipinski definition) is 2. The van der Waals surface area contributed by atoms with E-state index >= 15 is 0 Å². The van der Waals surface area contributed by atoms with Gasteiger partial charge in [0, 0.05) is 19.0 Å². The Balaban J connectivity index is 0. The highest BCUT2D eigenvalue weighted by atomic mass is 35.5. The van der Waals surface area contributed by atoms with E-state index in [1.807, 2.05) is 20.8 Å². The van der Waals surface area contributed by atoms with Crippen LogP contribution in [0.25, 0.3) is 0 Å². The van der Waals surface area contributed by atoms with Crippen LogP contribution in [0.2, 0.25) is 0 Å². The highest BCUT2D eigenvalue weighted by molar-refractivity contribution is 5.85. The lowest BCUT2D eigenvalue weighted by molar-refractivity contribution is 0.0201. The Hall–Kier alpha value is -0.680. The molecule has 0 bridgehead atoms. The molecule has 1 fully saturated rings. The largest absolute Gasteiger partial charge is 0.444 e. The second-order valence-corrected chi connectivity index (χ2v) is 5.20. The van der Waals surface area contributed by atoms with E-state index in [0.29, 0.717) is 13.1 Å². The van der Waals surface area contributed by atoms with Gasteiger partial charge in [-0.1, -0.05) is 0 Å². The van der Waals surface area contributed by atoms with Gasteiger partial charge in [0.2, 0.25) is 0 Å². The first-order valence-electron chi connectivity index (χ1n) is 5.61. The minimum atomic E-state index is -0.450. The summed E-state index contributed by atoms with van der Waals surface area (Å²) in [6.07, 6.45) is 1.25. The number of likely N-dealkylation sites (tertiary alicyclic amines) is 1. The third kappa shape index (κ3) is 6.31. The number of rotatable bonds is 1. The molecule has 1 saturated heterocycles.